The Hall–Kier alpha value is -3.09. The smallest absolute Gasteiger partial charge is 0.213 e. The predicted molar refractivity (Wildman–Crippen MR) is 75.3 cm³/mol. The number of aromatic nitrogens is 4. The third-order valence-corrected chi connectivity index (χ3v) is 3.01. The molecule has 0 saturated carbocycles. The topological polar surface area (TPSA) is 69.9 Å². The SMILES string of the molecule is O=Cc1cccc(-n2nccn2)c1COc1ccc(F)cn1. The summed E-state index contributed by atoms with van der Waals surface area (Å²) in [6.07, 6.45) is 4.89. The Balaban J connectivity index is 1.91. The van der Waals surface area contributed by atoms with Crippen LogP contribution in [0, 0.1) is 5.82 Å². The van der Waals surface area contributed by atoms with E-state index in [1.807, 2.05) is 0 Å². The van der Waals surface area contributed by atoms with E-state index in [0.29, 0.717) is 16.8 Å². The van der Waals surface area contributed by atoms with E-state index in [1.54, 1.807) is 30.6 Å². The van der Waals surface area contributed by atoms with Crippen LogP contribution in [-0.4, -0.2) is 26.3 Å². The highest BCUT2D eigenvalue weighted by Crippen LogP contribution is 2.19. The lowest BCUT2D eigenvalue weighted by molar-refractivity contribution is 0.112. The molecule has 1 aromatic carbocycles. The summed E-state index contributed by atoms with van der Waals surface area (Å²) in [4.78, 5) is 16.5. The molecular formula is C15H11FN4O2. The number of benzene rings is 1. The van der Waals surface area contributed by atoms with Gasteiger partial charge in [0.1, 0.15) is 12.4 Å². The van der Waals surface area contributed by atoms with Gasteiger partial charge in [0.05, 0.1) is 24.3 Å². The van der Waals surface area contributed by atoms with Crippen molar-refractivity contribution in [3.63, 3.8) is 0 Å². The number of nitrogens with zero attached hydrogens (tertiary/aromatic N) is 4. The van der Waals surface area contributed by atoms with E-state index < -0.39 is 5.82 Å². The van der Waals surface area contributed by atoms with E-state index in [1.165, 1.54) is 16.9 Å². The van der Waals surface area contributed by atoms with Crippen LogP contribution in [0.3, 0.4) is 0 Å². The summed E-state index contributed by atoms with van der Waals surface area (Å²) in [6.45, 7) is 0.0877. The van der Waals surface area contributed by atoms with Crippen LogP contribution < -0.4 is 4.74 Å². The largest absolute Gasteiger partial charge is 0.473 e. The van der Waals surface area contributed by atoms with Crippen molar-refractivity contribution < 1.29 is 13.9 Å². The van der Waals surface area contributed by atoms with Crippen LogP contribution in [0.2, 0.25) is 0 Å². The van der Waals surface area contributed by atoms with Gasteiger partial charge in [-0.1, -0.05) is 12.1 Å². The summed E-state index contributed by atoms with van der Waals surface area (Å²) in [5, 5.41) is 8.12. The van der Waals surface area contributed by atoms with Crippen LogP contribution >= 0.6 is 0 Å². The van der Waals surface area contributed by atoms with Crippen molar-refractivity contribution in [3.8, 4) is 11.6 Å². The zero-order chi connectivity index (χ0) is 15.4. The second-order valence-corrected chi connectivity index (χ2v) is 4.38. The summed E-state index contributed by atoms with van der Waals surface area (Å²) in [5.41, 5.74) is 1.73. The number of carbonyl (C=O) groups excluding carboxylic acids is 1. The third-order valence-electron chi connectivity index (χ3n) is 3.01. The summed E-state index contributed by atoms with van der Waals surface area (Å²) in [7, 11) is 0. The monoisotopic (exact) mass is 298 g/mol. The lowest BCUT2D eigenvalue weighted by Crippen LogP contribution is -2.09. The van der Waals surface area contributed by atoms with Crippen LogP contribution in [-0.2, 0) is 6.61 Å². The summed E-state index contributed by atoms with van der Waals surface area (Å²) in [6, 6.07) is 7.87. The first-order valence-electron chi connectivity index (χ1n) is 6.46. The Morgan fingerprint density at radius 2 is 2.00 bits per heavy atom. The van der Waals surface area contributed by atoms with Gasteiger partial charge in [-0.25, -0.2) is 9.37 Å². The average Bonchev–Trinajstić information content (AvgIpc) is 3.08. The van der Waals surface area contributed by atoms with Crippen molar-refractivity contribution in [2.24, 2.45) is 0 Å². The van der Waals surface area contributed by atoms with Crippen molar-refractivity contribution in [2.75, 3.05) is 0 Å². The highest BCUT2D eigenvalue weighted by Gasteiger charge is 2.12. The van der Waals surface area contributed by atoms with Crippen molar-refractivity contribution in [2.45, 2.75) is 6.61 Å². The van der Waals surface area contributed by atoms with Gasteiger partial charge in [0.25, 0.3) is 0 Å². The van der Waals surface area contributed by atoms with Crippen molar-refractivity contribution in [1.29, 1.82) is 0 Å². The molecule has 0 bridgehead atoms. The molecule has 110 valence electrons. The van der Waals surface area contributed by atoms with Gasteiger partial charge in [-0.05, 0) is 12.1 Å². The number of carbonyl (C=O) groups is 1. The lowest BCUT2D eigenvalue weighted by atomic mass is 10.1. The van der Waals surface area contributed by atoms with Crippen LogP contribution in [0.1, 0.15) is 15.9 Å². The number of rotatable bonds is 5. The van der Waals surface area contributed by atoms with Gasteiger partial charge in [-0.15, -0.1) is 0 Å². The quantitative estimate of drug-likeness (QED) is 0.675. The van der Waals surface area contributed by atoms with E-state index in [0.717, 1.165) is 12.5 Å². The number of hydrogen-bond donors (Lipinski definition) is 0. The van der Waals surface area contributed by atoms with Gasteiger partial charge < -0.3 is 4.74 Å². The van der Waals surface area contributed by atoms with E-state index >= 15 is 0 Å². The number of hydrogen-bond acceptors (Lipinski definition) is 5. The zero-order valence-corrected chi connectivity index (χ0v) is 11.4. The van der Waals surface area contributed by atoms with Gasteiger partial charge in [-0.3, -0.25) is 4.79 Å². The fourth-order valence-electron chi connectivity index (χ4n) is 1.98. The van der Waals surface area contributed by atoms with E-state index in [9.17, 15) is 9.18 Å². The molecule has 2 heterocycles. The van der Waals surface area contributed by atoms with Gasteiger partial charge in [0.15, 0.2) is 6.29 Å². The molecule has 3 aromatic rings. The summed E-state index contributed by atoms with van der Waals surface area (Å²) < 4.78 is 18.4. The third kappa shape index (κ3) is 2.83. The first kappa shape index (κ1) is 13.9. The van der Waals surface area contributed by atoms with E-state index in [-0.39, 0.29) is 12.5 Å². The second kappa shape index (κ2) is 6.13. The predicted octanol–water partition coefficient (Wildman–Crippen LogP) is 2.19. The highest BCUT2D eigenvalue weighted by molar-refractivity contribution is 5.79. The van der Waals surface area contributed by atoms with Crippen molar-refractivity contribution >= 4 is 6.29 Å². The van der Waals surface area contributed by atoms with Crippen LogP contribution in [0.4, 0.5) is 4.39 Å². The molecule has 0 spiro atoms. The maximum absolute atomic E-state index is 12.8. The minimum atomic E-state index is -0.443. The molecule has 0 aliphatic heterocycles. The Bertz CT molecular complexity index is 773. The summed E-state index contributed by atoms with van der Waals surface area (Å²) in [5.74, 6) is -0.177. The highest BCUT2D eigenvalue weighted by atomic mass is 19.1. The molecule has 2 aromatic heterocycles. The van der Waals surface area contributed by atoms with Crippen LogP contribution in [0.5, 0.6) is 5.88 Å². The zero-order valence-electron chi connectivity index (χ0n) is 11.4. The fraction of sp³-hybridized carbons (Fsp3) is 0.0667. The molecule has 0 fully saturated rings. The molecule has 0 N–H and O–H groups in total. The van der Waals surface area contributed by atoms with Gasteiger partial charge in [-0.2, -0.15) is 15.0 Å². The Morgan fingerprint density at radius 3 is 2.68 bits per heavy atom. The maximum atomic E-state index is 12.8. The van der Waals surface area contributed by atoms with Crippen molar-refractivity contribution in [3.05, 3.63) is 65.9 Å². The molecule has 0 atom stereocenters. The minimum absolute atomic E-state index is 0.0877. The van der Waals surface area contributed by atoms with Crippen molar-refractivity contribution in [1.82, 2.24) is 20.0 Å². The average molecular weight is 298 g/mol. The molecule has 22 heavy (non-hydrogen) atoms. The standard InChI is InChI=1S/C15H11FN4O2/c16-12-4-5-15(17-8-12)22-10-13-11(9-21)2-1-3-14(13)20-18-6-7-19-20/h1-9H,10H2. The number of pyridine rings is 1. The number of aldehydes is 1. The van der Waals surface area contributed by atoms with Crippen LogP contribution in [0.15, 0.2) is 48.9 Å². The van der Waals surface area contributed by atoms with Gasteiger partial charge in [0, 0.05) is 17.2 Å². The molecule has 7 heteroatoms. The van der Waals surface area contributed by atoms with Gasteiger partial charge >= 0.3 is 0 Å². The first-order valence-corrected chi connectivity index (χ1v) is 6.46. The number of ether oxygens (including phenoxy) is 1. The Labute approximate surface area is 125 Å². The second-order valence-electron chi connectivity index (χ2n) is 4.38. The van der Waals surface area contributed by atoms with Crippen LogP contribution in [0.25, 0.3) is 5.69 Å². The molecule has 0 aliphatic carbocycles. The minimum Gasteiger partial charge on any atom is -0.473 e. The molecular weight excluding hydrogens is 287 g/mol. The molecule has 0 unspecified atom stereocenters. The molecule has 0 saturated heterocycles. The molecule has 6 nitrogen and oxygen atoms in total. The first-order chi connectivity index (χ1) is 10.8. The lowest BCUT2D eigenvalue weighted by Gasteiger charge is -2.12. The normalized spacial score (nSPS) is 10.4. The molecule has 3 rings (SSSR count). The molecule has 0 radical (unpaired) electrons. The Morgan fingerprint density at radius 1 is 1.18 bits per heavy atom. The number of halogens is 1. The van der Waals surface area contributed by atoms with E-state index in [2.05, 4.69) is 15.2 Å². The molecule has 0 aliphatic rings. The van der Waals surface area contributed by atoms with E-state index in [4.69, 9.17) is 4.74 Å². The molecule has 0 amide bonds. The Kier molecular flexibility index (Phi) is 3.86. The maximum Gasteiger partial charge on any atom is 0.213 e. The van der Waals surface area contributed by atoms with Gasteiger partial charge in [0.2, 0.25) is 5.88 Å². The fourth-order valence-corrected chi connectivity index (χ4v) is 1.98. The summed E-state index contributed by atoms with van der Waals surface area (Å²) >= 11 is 0.